The van der Waals surface area contributed by atoms with Crippen molar-refractivity contribution in [1.29, 1.82) is 0 Å². The minimum atomic E-state index is -1.37. The molecule has 4 N–H and O–H groups in total. The van der Waals surface area contributed by atoms with Crippen molar-refractivity contribution < 1.29 is 48.5 Å². The van der Waals surface area contributed by atoms with Gasteiger partial charge in [0.25, 0.3) is 0 Å². The number of aliphatic carboxylic acids is 2. The minimum absolute atomic E-state index is 0.0897. The highest BCUT2D eigenvalue weighted by molar-refractivity contribution is 5.87. The zero-order chi connectivity index (χ0) is 36.6. The Balaban J connectivity index is 4.18. The standard InChI is InChI=1S/C36H64N2O10/c1-35(2,3)47-32(43)22-20-18-16-14-12-10-8-7-9-11-13-15-17-19-21-29(39)38-28(34(46)48-36(4,5)6)23-25-30(40)37-27(33(44)45)24-26-31(41)42/h27-28H,7-26H2,1-6H3,(H,37,40)(H,38,39)(H,41,42)(H,44,45)/t27-,28-/m0/s1. The maximum absolute atomic E-state index is 12.7. The molecule has 2 amide bonds. The van der Waals surface area contributed by atoms with Gasteiger partial charge in [0.1, 0.15) is 23.3 Å². The molecule has 12 heteroatoms. The van der Waals surface area contributed by atoms with Crippen LogP contribution in [0.1, 0.15) is 170 Å². The predicted molar refractivity (Wildman–Crippen MR) is 183 cm³/mol. The number of carbonyl (C=O) groups excluding carboxylic acids is 4. The first-order valence-corrected chi connectivity index (χ1v) is 17.9. The number of carboxylic acids is 2. The summed E-state index contributed by atoms with van der Waals surface area (Å²) in [6.07, 6.45) is 15.0. The number of carbonyl (C=O) groups is 6. The molecule has 0 spiro atoms. The third-order valence-corrected chi connectivity index (χ3v) is 7.42. The van der Waals surface area contributed by atoms with Gasteiger partial charge in [-0.3, -0.25) is 19.2 Å². The van der Waals surface area contributed by atoms with Crippen molar-refractivity contribution in [3.8, 4) is 0 Å². The van der Waals surface area contributed by atoms with Crippen LogP contribution in [-0.2, 0) is 38.2 Å². The fourth-order valence-corrected chi connectivity index (χ4v) is 5.02. The maximum atomic E-state index is 12.7. The highest BCUT2D eigenvalue weighted by Gasteiger charge is 2.28. The van der Waals surface area contributed by atoms with Gasteiger partial charge in [0.05, 0.1) is 0 Å². The molecule has 48 heavy (non-hydrogen) atoms. The van der Waals surface area contributed by atoms with Gasteiger partial charge in [-0.2, -0.15) is 0 Å². The Morgan fingerprint density at radius 2 is 0.875 bits per heavy atom. The van der Waals surface area contributed by atoms with E-state index in [1.54, 1.807) is 20.8 Å². The van der Waals surface area contributed by atoms with Crippen LogP contribution in [0.15, 0.2) is 0 Å². The van der Waals surface area contributed by atoms with E-state index >= 15 is 0 Å². The number of unbranched alkanes of at least 4 members (excludes halogenated alkanes) is 13. The van der Waals surface area contributed by atoms with Crippen LogP contribution in [0, 0.1) is 0 Å². The number of hydrogen-bond acceptors (Lipinski definition) is 8. The number of ether oxygens (including phenoxy) is 2. The summed E-state index contributed by atoms with van der Waals surface area (Å²) in [6.45, 7) is 10.7. The lowest BCUT2D eigenvalue weighted by molar-refractivity contribution is -0.159. The zero-order valence-corrected chi connectivity index (χ0v) is 30.5. The molecule has 0 aliphatic rings. The fraction of sp³-hybridized carbons (Fsp3) is 0.833. The van der Waals surface area contributed by atoms with Gasteiger partial charge in [0.2, 0.25) is 11.8 Å². The van der Waals surface area contributed by atoms with E-state index in [-0.39, 0.29) is 37.6 Å². The van der Waals surface area contributed by atoms with E-state index in [0.29, 0.717) is 12.8 Å². The van der Waals surface area contributed by atoms with Crippen molar-refractivity contribution >= 4 is 35.7 Å². The zero-order valence-electron chi connectivity index (χ0n) is 30.5. The number of rotatable bonds is 27. The first kappa shape index (κ1) is 44.8. The van der Waals surface area contributed by atoms with Gasteiger partial charge in [-0.05, 0) is 67.2 Å². The van der Waals surface area contributed by atoms with Crippen LogP contribution in [0.25, 0.3) is 0 Å². The van der Waals surface area contributed by atoms with Crippen LogP contribution < -0.4 is 10.6 Å². The molecule has 2 atom stereocenters. The summed E-state index contributed by atoms with van der Waals surface area (Å²) in [5.74, 6) is -4.31. The smallest absolute Gasteiger partial charge is 0.329 e. The van der Waals surface area contributed by atoms with Crippen molar-refractivity contribution in [3.63, 3.8) is 0 Å². The number of carboxylic acid groups (broad SMARTS) is 2. The third kappa shape index (κ3) is 27.9. The molecule has 0 aliphatic heterocycles. The lowest BCUT2D eigenvalue weighted by Gasteiger charge is -2.24. The number of amides is 2. The summed E-state index contributed by atoms with van der Waals surface area (Å²) in [6, 6.07) is -2.44. The monoisotopic (exact) mass is 684 g/mol. The summed E-state index contributed by atoms with van der Waals surface area (Å²) in [7, 11) is 0. The quantitative estimate of drug-likeness (QED) is 0.0542. The van der Waals surface area contributed by atoms with Crippen molar-refractivity contribution in [3.05, 3.63) is 0 Å². The van der Waals surface area contributed by atoms with Crippen molar-refractivity contribution in [1.82, 2.24) is 10.6 Å². The molecule has 0 aromatic rings. The van der Waals surface area contributed by atoms with Gasteiger partial charge >= 0.3 is 23.9 Å². The molecule has 0 heterocycles. The van der Waals surface area contributed by atoms with Crippen LogP contribution in [-0.4, -0.2) is 69.2 Å². The Hall–Kier alpha value is -3.18. The first-order valence-electron chi connectivity index (χ1n) is 17.9. The van der Waals surface area contributed by atoms with E-state index in [0.717, 1.165) is 38.5 Å². The molecule has 0 unspecified atom stereocenters. The summed E-state index contributed by atoms with van der Waals surface area (Å²) < 4.78 is 10.7. The molecule has 0 aromatic carbocycles. The molecule has 0 fully saturated rings. The molecule has 0 bridgehead atoms. The number of hydrogen-bond donors (Lipinski definition) is 4. The molecule has 0 saturated carbocycles. The first-order chi connectivity index (χ1) is 22.4. The number of nitrogens with one attached hydrogen (secondary N) is 2. The highest BCUT2D eigenvalue weighted by atomic mass is 16.6. The summed E-state index contributed by atoms with van der Waals surface area (Å²) >= 11 is 0. The average Bonchev–Trinajstić information content (AvgIpc) is 2.94. The van der Waals surface area contributed by atoms with E-state index in [1.807, 2.05) is 20.8 Å². The van der Waals surface area contributed by atoms with Gasteiger partial charge in [0.15, 0.2) is 0 Å². The molecule has 278 valence electrons. The van der Waals surface area contributed by atoms with E-state index in [2.05, 4.69) is 10.6 Å². The van der Waals surface area contributed by atoms with Crippen molar-refractivity contribution in [2.75, 3.05) is 0 Å². The van der Waals surface area contributed by atoms with Crippen LogP contribution in [0.4, 0.5) is 0 Å². The number of esters is 2. The second-order valence-electron chi connectivity index (χ2n) is 14.6. The molecule has 0 saturated heterocycles. The van der Waals surface area contributed by atoms with E-state index < -0.39 is 53.5 Å². The van der Waals surface area contributed by atoms with Gasteiger partial charge in [0, 0.05) is 25.7 Å². The predicted octanol–water partition coefficient (Wildman–Crippen LogP) is 6.61. The SMILES string of the molecule is CC(C)(C)OC(=O)CCCCCCCCCCCCCCCCC(=O)N[C@@H](CCC(=O)N[C@@H](CCC(=O)O)C(=O)O)C(=O)OC(C)(C)C. The topological polar surface area (TPSA) is 185 Å². The van der Waals surface area contributed by atoms with E-state index in [4.69, 9.17) is 14.6 Å². The Bertz CT molecular complexity index is 984. The van der Waals surface area contributed by atoms with Gasteiger partial charge in [-0.1, -0.05) is 77.0 Å². The van der Waals surface area contributed by atoms with Gasteiger partial charge in [-0.15, -0.1) is 0 Å². The summed E-state index contributed by atoms with van der Waals surface area (Å²) in [5.41, 5.74) is -1.22. The normalized spacial score (nSPS) is 12.9. The molecule has 0 aliphatic carbocycles. The molecular weight excluding hydrogens is 620 g/mol. The van der Waals surface area contributed by atoms with Crippen molar-refractivity contribution in [2.45, 2.75) is 193 Å². The minimum Gasteiger partial charge on any atom is -0.481 e. The molecule has 0 radical (unpaired) electrons. The van der Waals surface area contributed by atoms with Gasteiger partial charge < -0.3 is 30.3 Å². The largest absolute Gasteiger partial charge is 0.481 e. The maximum Gasteiger partial charge on any atom is 0.329 e. The molecular formula is C36H64N2O10. The molecule has 0 aromatic heterocycles. The summed E-state index contributed by atoms with van der Waals surface area (Å²) in [4.78, 5) is 71.6. The van der Waals surface area contributed by atoms with Crippen LogP contribution in [0.5, 0.6) is 0 Å². The summed E-state index contributed by atoms with van der Waals surface area (Å²) in [5, 5.41) is 23.0. The van der Waals surface area contributed by atoms with Crippen LogP contribution >= 0.6 is 0 Å². The lowest BCUT2D eigenvalue weighted by atomic mass is 10.0. The Morgan fingerprint density at radius 3 is 1.29 bits per heavy atom. The second-order valence-corrected chi connectivity index (χ2v) is 14.6. The lowest BCUT2D eigenvalue weighted by Crippen LogP contribution is -2.46. The Kier molecular flexibility index (Phi) is 23.2. The second kappa shape index (κ2) is 24.9. The van der Waals surface area contributed by atoms with E-state index in [9.17, 15) is 33.9 Å². The van der Waals surface area contributed by atoms with Gasteiger partial charge in [-0.25, -0.2) is 9.59 Å². The Labute approximate surface area is 287 Å². The average molecular weight is 685 g/mol. The molecule has 0 rings (SSSR count). The van der Waals surface area contributed by atoms with Crippen LogP contribution in [0.3, 0.4) is 0 Å². The van der Waals surface area contributed by atoms with Crippen molar-refractivity contribution in [2.24, 2.45) is 0 Å². The van der Waals surface area contributed by atoms with E-state index in [1.165, 1.54) is 44.9 Å². The highest BCUT2D eigenvalue weighted by Crippen LogP contribution is 2.16. The van der Waals surface area contributed by atoms with Crippen LogP contribution in [0.2, 0.25) is 0 Å². The molecule has 12 nitrogen and oxygen atoms in total. The fourth-order valence-electron chi connectivity index (χ4n) is 5.02. The third-order valence-electron chi connectivity index (χ3n) is 7.42. The Morgan fingerprint density at radius 1 is 0.500 bits per heavy atom.